The van der Waals surface area contributed by atoms with E-state index in [4.69, 9.17) is 4.84 Å². The highest BCUT2D eigenvalue weighted by Gasteiger charge is 2.27. The van der Waals surface area contributed by atoms with E-state index < -0.39 is 6.09 Å². The molecule has 4 rings (SSSR count). The van der Waals surface area contributed by atoms with Gasteiger partial charge in [0.25, 0.3) is 5.91 Å². The van der Waals surface area contributed by atoms with Gasteiger partial charge in [0.2, 0.25) is 0 Å². The topological polar surface area (TPSA) is 74.8 Å². The van der Waals surface area contributed by atoms with E-state index in [-0.39, 0.29) is 5.91 Å². The maximum absolute atomic E-state index is 12.7. The third-order valence-corrected chi connectivity index (χ3v) is 7.43. The minimum Gasteiger partial charge on any atom is -0.351 e. The van der Waals surface area contributed by atoms with Gasteiger partial charge in [-0.3, -0.25) is 10.1 Å². The SMILES string of the molecule is CCCCc1ccc(NC(=O)ON2CCC(c3nc(C(=O)N4CCCCC4)cs3)CC2)cc1. The number of aryl methyl sites for hydroxylation is 1. The molecule has 178 valence electrons. The number of benzene rings is 1. The van der Waals surface area contributed by atoms with Crippen molar-refractivity contribution in [3.63, 3.8) is 0 Å². The summed E-state index contributed by atoms with van der Waals surface area (Å²) in [5, 5.41) is 7.44. The van der Waals surface area contributed by atoms with Crippen LogP contribution in [0.2, 0.25) is 0 Å². The van der Waals surface area contributed by atoms with Gasteiger partial charge in [0.15, 0.2) is 0 Å². The van der Waals surface area contributed by atoms with Crippen LogP contribution >= 0.6 is 11.3 Å². The van der Waals surface area contributed by atoms with E-state index in [0.717, 1.165) is 55.9 Å². The number of anilines is 1. The van der Waals surface area contributed by atoms with Gasteiger partial charge in [-0.25, -0.2) is 9.78 Å². The maximum Gasteiger partial charge on any atom is 0.430 e. The number of piperidine rings is 2. The van der Waals surface area contributed by atoms with E-state index in [1.807, 2.05) is 22.4 Å². The van der Waals surface area contributed by atoms with Crippen LogP contribution in [0.15, 0.2) is 29.6 Å². The number of unbranched alkanes of at least 4 members (excludes halogenated alkanes) is 1. The zero-order valence-electron chi connectivity index (χ0n) is 19.4. The molecule has 0 spiro atoms. The smallest absolute Gasteiger partial charge is 0.351 e. The van der Waals surface area contributed by atoms with Gasteiger partial charge in [-0.15, -0.1) is 16.4 Å². The quantitative estimate of drug-likeness (QED) is 0.582. The van der Waals surface area contributed by atoms with Crippen LogP contribution in [0.3, 0.4) is 0 Å². The molecule has 8 heteroatoms. The van der Waals surface area contributed by atoms with Gasteiger partial charge in [-0.05, 0) is 62.6 Å². The summed E-state index contributed by atoms with van der Waals surface area (Å²) in [7, 11) is 0. The van der Waals surface area contributed by atoms with Crippen molar-refractivity contribution < 1.29 is 14.4 Å². The van der Waals surface area contributed by atoms with Crippen LogP contribution in [-0.4, -0.2) is 53.1 Å². The summed E-state index contributed by atoms with van der Waals surface area (Å²) in [6.07, 6.45) is 8.01. The lowest BCUT2D eigenvalue weighted by atomic mass is 9.99. The van der Waals surface area contributed by atoms with Gasteiger partial charge in [0, 0.05) is 43.2 Å². The Kier molecular flexibility index (Phi) is 8.34. The zero-order valence-corrected chi connectivity index (χ0v) is 20.2. The molecule has 2 amide bonds. The lowest BCUT2D eigenvalue weighted by Crippen LogP contribution is -2.36. The highest BCUT2D eigenvalue weighted by molar-refractivity contribution is 7.09. The van der Waals surface area contributed by atoms with Crippen molar-refractivity contribution in [3.05, 3.63) is 45.9 Å². The highest BCUT2D eigenvalue weighted by atomic mass is 32.1. The normalized spacial score (nSPS) is 17.7. The van der Waals surface area contributed by atoms with E-state index in [1.165, 1.54) is 24.8 Å². The highest BCUT2D eigenvalue weighted by Crippen LogP contribution is 2.31. The number of carbonyl (C=O) groups is 2. The van der Waals surface area contributed by atoms with Gasteiger partial charge < -0.3 is 9.74 Å². The summed E-state index contributed by atoms with van der Waals surface area (Å²) < 4.78 is 0. The summed E-state index contributed by atoms with van der Waals surface area (Å²) in [4.78, 5) is 37.1. The fourth-order valence-corrected chi connectivity index (χ4v) is 5.39. The Labute approximate surface area is 200 Å². The maximum atomic E-state index is 12.7. The standard InChI is InChI=1S/C25H34N4O3S/c1-2-3-7-19-8-10-21(11-9-19)26-25(31)32-29-16-12-20(13-17-29)23-27-22(18-33-23)24(30)28-14-5-4-6-15-28/h8-11,18,20H,2-7,12-17H2,1H3,(H,26,31). The van der Waals surface area contributed by atoms with Crippen molar-refractivity contribution in [1.29, 1.82) is 0 Å². The molecule has 2 aliphatic rings. The second kappa shape index (κ2) is 11.6. The van der Waals surface area contributed by atoms with Crippen LogP contribution in [0.1, 0.15) is 78.8 Å². The predicted molar refractivity (Wildman–Crippen MR) is 131 cm³/mol. The van der Waals surface area contributed by atoms with E-state index >= 15 is 0 Å². The van der Waals surface area contributed by atoms with Gasteiger partial charge in [0.1, 0.15) is 5.69 Å². The van der Waals surface area contributed by atoms with Gasteiger partial charge in [-0.2, -0.15) is 0 Å². The number of hydroxylamine groups is 2. The molecule has 1 aromatic carbocycles. The number of rotatable bonds is 7. The molecule has 2 aliphatic heterocycles. The average molecular weight is 471 g/mol. The largest absolute Gasteiger partial charge is 0.430 e. The monoisotopic (exact) mass is 470 g/mol. The van der Waals surface area contributed by atoms with E-state index in [9.17, 15) is 9.59 Å². The van der Waals surface area contributed by atoms with Gasteiger partial charge in [-0.1, -0.05) is 25.5 Å². The Balaban J connectivity index is 1.21. The molecule has 0 unspecified atom stereocenters. The zero-order chi connectivity index (χ0) is 23.0. The Hall–Kier alpha value is -2.45. The predicted octanol–water partition coefficient (Wildman–Crippen LogP) is 5.45. The minimum absolute atomic E-state index is 0.0630. The second-order valence-electron chi connectivity index (χ2n) is 8.93. The summed E-state index contributed by atoms with van der Waals surface area (Å²) in [5.74, 6) is 0.365. The van der Waals surface area contributed by atoms with Crippen molar-refractivity contribution in [3.8, 4) is 0 Å². The molecular formula is C25H34N4O3S. The fraction of sp³-hybridized carbons (Fsp3) is 0.560. The lowest BCUT2D eigenvalue weighted by Gasteiger charge is -2.29. The number of thiazole rings is 1. The van der Waals surface area contributed by atoms with Crippen LogP contribution in [-0.2, 0) is 11.3 Å². The Morgan fingerprint density at radius 2 is 1.82 bits per heavy atom. The summed E-state index contributed by atoms with van der Waals surface area (Å²) in [5.41, 5.74) is 2.60. The number of hydrogen-bond acceptors (Lipinski definition) is 6. The third-order valence-electron chi connectivity index (χ3n) is 6.42. The van der Waals surface area contributed by atoms with E-state index in [0.29, 0.717) is 24.7 Å². The molecule has 3 heterocycles. The van der Waals surface area contributed by atoms with Crippen LogP contribution in [0.5, 0.6) is 0 Å². The van der Waals surface area contributed by atoms with Crippen LogP contribution in [0, 0.1) is 0 Å². The van der Waals surface area contributed by atoms with Crippen molar-refractivity contribution in [2.24, 2.45) is 0 Å². The molecule has 0 bridgehead atoms. The first-order valence-corrected chi connectivity index (χ1v) is 13.1. The molecular weight excluding hydrogens is 436 g/mol. The first kappa shape index (κ1) is 23.7. The van der Waals surface area contributed by atoms with Crippen molar-refractivity contribution in [2.45, 2.75) is 64.2 Å². The van der Waals surface area contributed by atoms with Crippen molar-refractivity contribution in [2.75, 3.05) is 31.5 Å². The summed E-state index contributed by atoms with van der Waals surface area (Å²) in [6.45, 7) is 5.17. The Morgan fingerprint density at radius 3 is 2.52 bits per heavy atom. The van der Waals surface area contributed by atoms with Crippen molar-refractivity contribution >= 4 is 29.0 Å². The summed E-state index contributed by atoms with van der Waals surface area (Å²) >= 11 is 1.57. The number of hydrogen-bond donors (Lipinski definition) is 1. The molecule has 0 radical (unpaired) electrons. The molecule has 7 nitrogen and oxygen atoms in total. The summed E-state index contributed by atoms with van der Waals surface area (Å²) in [6, 6.07) is 7.94. The first-order chi connectivity index (χ1) is 16.1. The number of nitrogens with zero attached hydrogens (tertiary/aromatic N) is 3. The third kappa shape index (κ3) is 6.54. The Bertz CT molecular complexity index is 916. The van der Waals surface area contributed by atoms with Crippen molar-refractivity contribution in [1.82, 2.24) is 14.9 Å². The van der Waals surface area contributed by atoms with Crippen LogP contribution in [0.25, 0.3) is 0 Å². The molecule has 0 aliphatic carbocycles. The number of amides is 2. The van der Waals surface area contributed by atoms with E-state index in [1.54, 1.807) is 16.4 Å². The molecule has 2 saturated heterocycles. The molecule has 1 N–H and O–H groups in total. The molecule has 1 aromatic heterocycles. The minimum atomic E-state index is -0.460. The number of aromatic nitrogens is 1. The van der Waals surface area contributed by atoms with Crippen LogP contribution in [0.4, 0.5) is 10.5 Å². The molecule has 33 heavy (non-hydrogen) atoms. The lowest BCUT2D eigenvalue weighted by molar-refractivity contribution is -0.108. The number of nitrogens with one attached hydrogen (secondary N) is 1. The molecule has 2 fully saturated rings. The fourth-order valence-electron chi connectivity index (χ4n) is 4.42. The molecule has 2 aromatic rings. The molecule has 0 saturated carbocycles. The van der Waals surface area contributed by atoms with Gasteiger partial charge >= 0.3 is 6.09 Å². The van der Waals surface area contributed by atoms with Gasteiger partial charge in [0.05, 0.1) is 5.01 Å². The second-order valence-corrected chi connectivity index (χ2v) is 9.82. The van der Waals surface area contributed by atoms with Crippen LogP contribution < -0.4 is 5.32 Å². The Morgan fingerprint density at radius 1 is 1.09 bits per heavy atom. The first-order valence-electron chi connectivity index (χ1n) is 12.2. The number of likely N-dealkylation sites (tertiary alicyclic amines) is 1. The van der Waals surface area contributed by atoms with E-state index in [2.05, 4.69) is 29.4 Å². The molecule has 0 atom stereocenters. The number of carbonyl (C=O) groups excluding carboxylic acids is 2. The average Bonchev–Trinajstić information content (AvgIpc) is 3.34.